The second-order valence-corrected chi connectivity index (χ2v) is 10.1. The first kappa shape index (κ1) is 24.2. The molecule has 5 rings (SSSR count). The Morgan fingerprint density at radius 3 is 2.17 bits per heavy atom. The molecule has 0 saturated heterocycles. The number of halogens is 4. The van der Waals surface area contributed by atoms with Crippen LogP contribution in [0.25, 0.3) is 16.9 Å². The minimum absolute atomic E-state index is 0.00585. The predicted octanol–water partition coefficient (Wildman–Crippen LogP) is 8.47. The van der Waals surface area contributed by atoms with Gasteiger partial charge in [0, 0.05) is 0 Å². The van der Waals surface area contributed by atoms with Crippen molar-refractivity contribution in [2.75, 3.05) is 13.2 Å². The van der Waals surface area contributed by atoms with Crippen molar-refractivity contribution in [3.05, 3.63) is 58.7 Å². The lowest BCUT2D eigenvalue weighted by molar-refractivity contribution is 0.0397. The van der Waals surface area contributed by atoms with E-state index in [1.807, 2.05) is 6.08 Å². The van der Waals surface area contributed by atoms with Gasteiger partial charge in [-0.1, -0.05) is 38.7 Å². The minimum atomic E-state index is -3.81. The van der Waals surface area contributed by atoms with Crippen LogP contribution in [0.4, 0.5) is 17.6 Å². The van der Waals surface area contributed by atoms with Gasteiger partial charge in [-0.3, -0.25) is 0 Å². The molecule has 1 heterocycles. The molecule has 0 N–H and O–H groups in total. The molecule has 0 amide bonds. The smallest absolute Gasteiger partial charge is 0.305 e. The molecule has 0 radical (unpaired) electrons. The van der Waals surface area contributed by atoms with E-state index in [0.717, 1.165) is 12.3 Å². The van der Waals surface area contributed by atoms with Gasteiger partial charge in [-0.05, 0) is 79.3 Å². The highest BCUT2D eigenvalue weighted by atomic mass is 19.3. The Morgan fingerprint density at radius 2 is 1.54 bits per heavy atom. The molecule has 3 aliphatic rings. The molecule has 2 aliphatic carbocycles. The van der Waals surface area contributed by atoms with Gasteiger partial charge in [0.25, 0.3) is 0 Å². The van der Waals surface area contributed by atoms with Gasteiger partial charge in [-0.25, -0.2) is 8.78 Å². The average molecular weight is 489 g/mol. The lowest BCUT2D eigenvalue weighted by atomic mass is 9.73. The molecule has 2 nitrogen and oxygen atoms in total. The van der Waals surface area contributed by atoms with E-state index in [1.54, 1.807) is 6.92 Å². The van der Waals surface area contributed by atoms with Gasteiger partial charge >= 0.3 is 5.92 Å². The van der Waals surface area contributed by atoms with Crippen LogP contribution >= 0.6 is 0 Å². The molecule has 2 aromatic rings. The third kappa shape index (κ3) is 4.13. The van der Waals surface area contributed by atoms with Gasteiger partial charge in [0.2, 0.25) is 0 Å². The van der Waals surface area contributed by atoms with Crippen LogP contribution in [0.1, 0.15) is 75.5 Å². The van der Waals surface area contributed by atoms with Crippen molar-refractivity contribution in [1.29, 1.82) is 0 Å². The molecule has 1 unspecified atom stereocenters. The molecule has 2 aromatic carbocycles. The summed E-state index contributed by atoms with van der Waals surface area (Å²) in [5.41, 5.74) is -1.61. The summed E-state index contributed by atoms with van der Waals surface area (Å²) in [6.07, 6.45) is 9.99. The quantitative estimate of drug-likeness (QED) is 0.380. The first-order valence-corrected chi connectivity index (χ1v) is 12.9. The first-order valence-electron chi connectivity index (χ1n) is 12.9. The van der Waals surface area contributed by atoms with Crippen LogP contribution in [-0.2, 0) is 10.7 Å². The number of benzene rings is 2. The molecule has 188 valence electrons. The monoisotopic (exact) mass is 488 g/mol. The zero-order chi connectivity index (χ0) is 24.7. The summed E-state index contributed by atoms with van der Waals surface area (Å²) in [6.45, 7) is 4.48. The van der Waals surface area contributed by atoms with Crippen LogP contribution in [0, 0.1) is 29.4 Å². The zero-order valence-electron chi connectivity index (χ0n) is 20.3. The summed E-state index contributed by atoms with van der Waals surface area (Å²) in [4.78, 5) is 0. The summed E-state index contributed by atoms with van der Waals surface area (Å²) < 4.78 is 72.5. The second-order valence-electron chi connectivity index (χ2n) is 10.1. The number of hydrogen-bond donors (Lipinski definition) is 0. The molecule has 1 atom stereocenters. The van der Waals surface area contributed by atoms with Crippen molar-refractivity contribution in [2.45, 2.75) is 64.7 Å². The largest absolute Gasteiger partial charge is 0.493 e. The average Bonchev–Trinajstić information content (AvgIpc) is 3.10. The predicted molar refractivity (Wildman–Crippen MR) is 128 cm³/mol. The molecule has 0 aromatic heterocycles. The minimum Gasteiger partial charge on any atom is -0.493 e. The van der Waals surface area contributed by atoms with Gasteiger partial charge in [-0.2, -0.15) is 8.78 Å². The summed E-state index contributed by atoms with van der Waals surface area (Å²) >= 11 is 0. The molecule has 1 aliphatic heterocycles. The highest BCUT2D eigenvalue weighted by Gasteiger charge is 2.50. The maximum absolute atomic E-state index is 15.6. The van der Waals surface area contributed by atoms with Crippen molar-refractivity contribution in [3.63, 3.8) is 0 Å². The maximum Gasteiger partial charge on any atom is 0.305 e. The number of hydrogen-bond acceptors (Lipinski definition) is 2. The third-order valence-corrected chi connectivity index (χ3v) is 8.05. The highest BCUT2D eigenvalue weighted by Crippen LogP contribution is 2.55. The zero-order valence-corrected chi connectivity index (χ0v) is 20.3. The molecule has 6 heteroatoms. The summed E-state index contributed by atoms with van der Waals surface area (Å²) in [5.74, 6) is -4.18. The van der Waals surface area contributed by atoms with Crippen molar-refractivity contribution in [3.8, 4) is 16.9 Å². The Hall–Kier alpha value is -2.50. The Morgan fingerprint density at radius 1 is 0.886 bits per heavy atom. The van der Waals surface area contributed by atoms with E-state index in [-0.39, 0.29) is 29.0 Å². The van der Waals surface area contributed by atoms with Crippen molar-refractivity contribution in [1.82, 2.24) is 0 Å². The van der Waals surface area contributed by atoms with Gasteiger partial charge in [0.1, 0.15) is 11.6 Å². The molecule has 0 spiro atoms. The number of allylic oxidation sites excluding steroid dienone is 1. The Labute approximate surface area is 204 Å². The summed E-state index contributed by atoms with van der Waals surface area (Å²) in [7, 11) is 0. The van der Waals surface area contributed by atoms with Gasteiger partial charge in [-0.15, -0.1) is 0 Å². The Balaban J connectivity index is 1.39. The molecule has 35 heavy (non-hydrogen) atoms. The standard InChI is InChI=1S/C29H32F4O2/c1-3-5-17-6-8-18(9-7-17)19-10-14-23(35-16-19)22-12-11-20-21-13-15-24(34-4-2)28(31)26(21)29(32,33)25(20)27(22)30/h11-15,17-19H,3-10,16H2,1-2H3. The lowest BCUT2D eigenvalue weighted by Crippen LogP contribution is -2.27. The fourth-order valence-electron chi connectivity index (χ4n) is 6.23. The van der Waals surface area contributed by atoms with E-state index < -0.39 is 28.7 Å². The van der Waals surface area contributed by atoms with Gasteiger partial charge < -0.3 is 9.47 Å². The second kappa shape index (κ2) is 9.51. The van der Waals surface area contributed by atoms with Crippen molar-refractivity contribution >= 4 is 5.76 Å². The Bertz CT molecular complexity index is 1130. The van der Waals surface area contributed by atoms with E-state index in [9.17, 15) is 4.39 Å². The lowest BCUT2D eigenvalue weighted by Gasteiger charge is -2.35. The molecule has 1 saturated carbocycles. The van der Waals surface area contributed by atoms with E-state index in [1.165, 1.54) is 62.8 Å². The van der Waals surface area contributed by atoms with Crippen molar-refractivity contribution < 1.29 is 27.0 Å². The van der Waals surface area contributed by atoms with E-state index >= 15 is 13.2 Å². The van der Waals surface area contributed by atoms with Crippen LogP contribution in [0.5, 0.6) is 5.75 Å². The van der Waals surface area contributed by atoms with E-state index in [4.69, 9.17) is 9.47 Å². The molecular weight excluding hydrogens is 456 g/mol. The van der Waals surface area contributed by atoms with E-state index in [0.29, 0.717) is 24.2 Å². The number of fused-ring (bicyclic) bond motifs is 3. The first-order chi connectivity index (χ1) is 16.9. The molecule has 0 bridgehead atoms. The number of ether oxygens (including phenoxy) is 2. The van der Waals surface area contributed by atoms with Crippen LogP contribution in [0.3, 0.4) is 0 Å². The van der Waals surface area contributed by atoms with Gasteiger partial charge in [0.15, 0.2) is 11.6 Å². The fraction of sp³-hybridized carbons (Fsp3) is 0.517. The highest BCUT2D eigenvalue weighted by molar-refractivity contribution is 5.82. The van der Waals surface area contributed by atoms with Crippen molar-refractivity contribution in [2.24, 2.45) is 17.8 Å². The normalized spacial score (nSPS) is 24.9. The van der Waals surface area contributed by atoms with Gasteiger partial charge in [0.05, 0.1) is 29.9 Å². The van der Waals surface area contributed by atoms with E-state index in [2.05, 4.69) is 6.92 Å². The number of rotatable bonds is 6. The molecule has 1 fully saturated rings. The topological polar surface area (TPSA) is 18.5 Å². The third-order valence-electron chi connectivity index (χ3n) is 8.05. The molecular formula is C29H32F4O2. The fourth-order valence-corrected chi connectivity index (χ4v) is 6.23. The Kier molecular flexibility index (Phi) is 6.58. The maximum atomic E-state index is 15.6. The number of alkyl halides is 2. The SMILES string of the molecule is CCCC1CCC(C2CC=C(c3ccc4c(c3F)C(F)(F)c3c-4ccc(OCC)c3F)OC2)CC1. The summed E-state index contributed by atoms with van der Waals surface area (Å²) in [6, 6.07) is 5.60. The summed E-state index contributed by atoms with van der Waals surface area (Å²) in [5, 5.41) is 0. The van der Waals surface area contributed by atoms with Crippen LogP contribution in [0.15, 0.2) is 30.3 Å². The van der Waals surface area contributed by atoms with Crippen LogP contribution < -0.4 is 4.74 Å². The van der Waals surface area contributed by atoms with Crippen LogP contribution in [-0.4, -0.2) is 13.2 Å². The van der Waals surface area contributed by atoms with Crippen LogP contribution in [0.2, 0.25) is 0 Å².